The van der Waals surface area contributed by atoms with E-state index in [4.69, 9.17) is 26.2 Å². The van der Waals surface area contributed by atoms with Crippen molar-refractivity contribution in [2.75, 3.05) is 4.90 Å². The standard InChI is InChI=1S/C47H28N4O/c1-2-13-30(14-3-1)45-48-46(50-47(49-45)38-23-12-22-37-35-20-7-9-26-42(35)52-44(37)38)32-27-31-15-4-5-18-33(31)41(28-32)51-39-24-8-6-19-34(39)36-21-10-16-29-17-11-25-40(51)43(29)36/h1-28H/i1D,2D,3D,13D,14D. The number of fused-ring (bicyclic) bond motifs is 6. The minimum absolute atomic E-state index is 0.0446. The van der Waals surface area contributed by atoms with Gasteiger partial charge in [0, 0.05) is 38.2 Å². The number of aromatic nitrogens is 3. The van der Waals surface area contributed by atoms with E-state index >= 15 is 0 Å². The van der Waals surface area contributed by atoms with Gasteiger partial charge in [-0.2, -0.15) is 0 Å². The summed E-state index contributed by atoms with van der Waals surface area (Å²) in [5, 5.41) is 6.06. The Bertz CT molecular complexity index is 3310. The van der Waals surface area contributed by atoms with Crippen molar-refractivity contribution in [1.29, 1.82) is 0 Å². The monoisotopic (exact) mass is 669 g/mol. The van der Waals surface area contributed by atoms with Crippen molar-refractivity contribution in [3.8, 4) is 45.3 Å². The number of furan rings is 1. The third-order valence-electron chi connectivity index (χ3n) is 9.90. The maximum Gasteiger partial charge on any atom is 0.167 e. The lowest BCUT2D eigenvalue weighted by atomic mass is 9.90. The number of anilines is 3. The van der Waals surface area contributed by atoms with Crippen LogP contribution in [0.2, 0.25) is 0 Å². The summed E-state index contributed by atoms with van der Waals surface area (Å²) in [5.74, 6) is 0.464. The van der Waals surface area contributed by atoms with Gasteiger partial charge in [0.25, 0.3) is 0 Å². The topological polar surface area (TPSA) is 55.1 Å². The molecular weight excluding hydrogens is 637 g/mol. The molecule has 0 radical (unpaired) electrons. The summed E-state index contributed by atoms with van der Waals surface area (Å²) in [6.07, 6.45) is 0. The highest BCUT2D eigenvalue weighted by molar-refractivity contribution is 6.16. The molecule has 0 amide bonds. The molecule has 0 bridgehead atoms. The average Bonchev–Trinajstić information content (AvgIpc) is 3.64. The van der Waals surface area contributed by atoms with Crippen molar-refractivity contribution < 1.29 is 11.3 Å². The third kappa shape index (κ3) is 4.33. The predicted molar refractivity (Wildman–Crippen MR) is 212 cm³/mol. The van der Waals surface area contributed by atoms with E-state index < -0.39 is 30.2 Å². The molecular formula is C47H28N4O. The van der Waals surface area contributed by atoms with Crippen LogP contribution in [0.4, 0.5) is 17.1 Å². The molecule has 8 aromatic carbocycles. The van der Waals surface area contributed by atoms with E-state index in [1.165, 1.54) is 5.56 Å². The molecule has 10 aromatic rings. The van der Waals surface area contributed by atoms with Crippen LogP contribution < -0.4 is 4.90 Å². The summed E-state index contributed by atoms with van der Waals surface area (Å²) in [5.41, 5.74) is 7.64. The van der Waals surface area contributed by atoms with Crippen LogP contribution in [0.1, 0.15) is 6.85 Å². The van der Waals surface area contributed by atoms with Crippen molar-refractivity contribution in [3.05, 3.63) is 170 Å². The van der Waals surface area contributed by atoms with Crippen LogP contribution in [0.5, 0.6) is 0 Å². The summed E-state index contributed by atoms with van der Waals surface area (Å²) in [6, 6.07) is 44.8. The van der Waals surface area contributed by atoms with Gasteiger partial charge >= 0.3 is 0 Å². The quantitative estimate of drug-likeness (QED) is 0.187. The smallest absolute Gasteiger partial charge is 0.167 e. The van der Waals surface area contributed by atoms with Crippen molar-refractivity contribution >= 4 is 60.5 Å². The zero-order valence-electron chi connectivity index (χ0n) is 32.5. The van der Waals surface area contributed by atoms with Crippen molar-refractivity contribution in [3.63, 3.8) is 0 Å². The second kappa shape index (κ2) is 11.2. The van der Waals surface area contributed by atoms with Crippen LogP contribution in [0.15, 0.2) is 174 Å². The van der Waals surface area contributed by atoms with Gasteiger partial charge < -0.3 is 9.32 Å². The normalized spacial score (nSPS) is 13.5. The molecule has 52 heavy (non-hydrogen) atoms. The highest BCUT2D eigenvalue weighted by Crippen LogP contribution is 2.52. The summed E-state index contributed by atoms with van der Waals surface area (Å²) < 4.78 is 49.4. The molecule has 3 heterocycles. The second-order valence-corrected chi connectivity index (χ2v) is 12.8. The molecule has 11 rings (SSSR count). The lowest BCUT2D eigenvalue weighted by Crippen LogP contribution is -2.15. The first-order valence-corrected chi connectivity index (χ1v) is 17.0. The van der Waals surface area contributed by atoms with Crippen LogP contribution in [0.25, 0.3) is 88.8 Å². The van der Waals surface area contributed by atoms with Crippen LogP contribution in [-0.2, 0) is 0 Å². The average molecular weight is 670 g/mol. The van der Waals surface area contributed by atoms with E-state index in [-0.39, 0.29) is 23.0 Å². The molecule has 0 spiro atoms. The Hall–Kier alpha value is -7.11. The van der Waals surface area contributed by atoms with Gasteiger partial charge in [-0.05, 0) is 52.7 Å². The van der Waals surface area contributed by atoms with Gasteiger partial charge in [0.1, 0.15) is 11.2 Å². The second-order valence-electron chi connectivity index (χ2n) is 12.8. The number of hydrogen-bond donors (Lipinski definition) is 0. The van der Waals surface area contributed by atoms with Crippen molar-refractivity contribution in [1.82, 2.24) is 15.0 Å². The molecule has 0 fully saturated rings. The van der Waals surface area contributed by atoms with Gasteiger partial charge in [0.2, 0.25) is 0 Å². The van der Waals surface area contributed by atoms with E-state index in [1.807, 2.05) is 60.7 Å². The molecule has 0 saturated carbocycles. The Balaban J connectivity index is 1.21. The number of benzene rings is 8. The van der Waals surface area contributed by atoms with Gasteiger partial charge in [-0.1, -0.05) is 133 Å². The maximum absolute atomic E-state index is 8.89. The molecule has 0 unspecified atom stereocenters. The van der Waals surface area contributed by atoms with E-state index in [1.54, 1.807) is 0 Å². The fourth-order valence-corrected chi connectivity index (χ4v) is 7.64. The summed E-state index contributed by atoms with van der Waals surface area (Å²) in [4.78, 5) is 17.2. The molecule has 0 aliphatic carbocycles. The van der Waals surface area contributed by atoms with Gasteiger partial charge in [0.05, 0.1) is 29.5 Å². The summed E-state index contributed by atoms with van der Waals surface area (Å²) in [6.45, 7) is 0. The Morgan fingerprint density at radius 3 is 2.00 bits per heavy atom. The summed E-state index contributed by atoms with van der Waals surface area (Å²) in [7, 11) is 0. The maximum atomic E-state index is 8.89. The van der Waals surface area contributed by atoms with Gasteiger partial charge in [-0.25, -0.2) is 15.0 Å². The van der Waals surface area contributed by atoms with Crippen LogP contribution in [0.3, 0.4) is 0 Å². The Kier molecular flexibility index (Phi) is 5.19. The Labute approximate surface area is 306 Å². The van der Waals surface area contributed by atoms with Crippen LogP contribution in [-0.4, -0.2) is 15.0 Å². The van der Waals surface area contributed by atoms with E-state index in [2.05, 4.69) is 83.8 Å². The largest absolute Gasteiger partial charge is 0.455 e. The fourth-order valence-electron chi connectivity index (χ4n) is 7.64. The minimum Gasteiger partial charge on any atom is -0.455 e. The molecule has 1 aliphatic rings. The van der Waals surface area contributed by atoms with E-state index in [9.17, 15) is 0 Å². The molecule has 5 nitrogen and oxygen atoms in total. The Morgan fingerprint density at radius 2 is 1.10 bits per heavy atom. The zero-order valence-corrected chi connectivity index (χ0v) is 27.5. The van der Waals surface area contributed by atoms with Crippen LogP contribution >= 0.6 is 0 Å². The van der Waals surface area contributed by atoms with E-state index in [0.717, 1.165) is 54.9 Å². The van der Waals surface area contributed by atoms with Gasteiger partial charge in [0.15, 0.2) is 17.5 Å². The molecule has 2 aromatic heterocycles. The number of hydrogen-bond acceptors (Lipinski definition) is 5. The lowest BCUT2D eigenvalue weighted by Gasteiger charge is -2.34. The molecule has 0 N–H and O–H groups in total. The number of rotatable bonds is 4. The molecule has 5 heteroatoms. The number of nitrogens with zero attached hydrogens (tertiary/aromatic N) is 4. The molecule has 0 saturated heterocycles. The fraction of sp³-hybridized carbons (Fsp3) is 0. The van der Waals surface area contributed by atoms with Crippen LogP contribution in [0, 0.1) is 0 Å². The highest BCUT2D eigenvalue weighted by Gasteiger charge is 2.27. The number of para-hydroxylation sites is 3. The van der Waals surface area contributed by atoms with Crippen molar-refractivity contribution in [2.45, 2.75) is 0 Å². The lowest BCUT2D eigenvalue weighted by molar-refractivity contribution is 0.669. The molecule has 1 aliphatic heterocycles. The minimum atomic E-state index is -0.493. The molecule has 242 valence electrons. The zero-order chi connectivity index (χ0) is 38.5. The first-order valence-electron chi connectivity index (χ1n) is 19.5. The van der Waals surface area contributed by atoms with Crippen molar-refractivity contribution in [2.24, 2.45) is 0 Å². The molecule has 0 atom stereocenters. The highest BCUT2D eigenvalue weighted by atomic mass is 16.3. The van der Waals surface area contributed by atoms with Gasteiger partial charge in [-0.3, -0.25) is 0 Å². The van der Waals surface area contributed by atoms with E-state index in [0.29, 0.717) is 22.3 Å². The SMILES string of the molecule is [2H]c1c([2H])c([2H])c(-c2nc(-c3cc(N4c5ccccc5-c5cccc6cccc4c56)c4ccccc4c3)nc(-c3cccc4c3oc3ccccc34)n2)c([2H])c1[2H]. The third-order valence-corrected chi connectivity index (χ3v) is 9.90. The van der Waals surface area contributed by atoms with Gasteiger partial charge in [-0.15, -0.1) is 0 Å². The Morgan fingerprint density at radius 1 is 0.462 bits per heavy atom. The predicted octanol–water partition coefficient (Wildman–Crippen LogP) is 12.5. The first-order chi connectivity index (χ1) is 27.9. The summed E-state index contributed by atoms with van der Waals surface area (Å²) >= 11 is 0. The first kappa shape index (κ1) is 24.1.